The van der Waals surface area contributed by atoms with E-state index in [1.54, 1.807) is 24.3 Å². The highest BCUT2D eigenvalue weighted by atomic mass is 35.5. The molecule has 6 aromatic rings. The maximum atomic E-state index is 14.7. The lowest BCUT2D eigenvalue weighted by atomic mass is 10.1. The lowest BCUT2D eigenvalue weighted by Gasteiger charge is -2.13. The van der Waals surface area contributed by atoms with Crippen molar-refractivity contribution in [3.8, 4) is 28.6 Å². The molecule has 0 aliphatic rings. The van der Waals surface area contributed by atoms with Crippen molar-refractivity contribution in [1.29, 1.82) is 0 Å². The molecule has 0 spiro atoms. The molecule has 6 rings (SSSR count). The van der Waals surface area contributed by atoms with Crippen molar-refractivity contribution in [3.05, 3.63) is 159 Å². The summed E-state index contributed by atoms with van der Waals surface area (Å²) < 4.78 is 110. The molecule has 0 aliphatic carbocycles. The number of anilines is 2. The lowest BCUT2D eigenvalue weighted by Crippen LogP contribution is -2.14. The predicted molar refractivity (Wildman–Crippen MR) is 196 cm³/mol. The van der Waals surface area contributed by atoms with Gasteiger partial charge in [-0.05, 0) is 60.2 Å². The molecule has 2 heterocycles. The van der Waals surface area contributed by atoms with Crippen LogP contribution in [0.4, 0.5) is 42.1 Å². The molecule has 0 aliphatic heterocycles. The van der Waals surface area contributed by atoms with E-state index in [0.717, 1.165) is 35.9 Å². The van der Waals surface area contributed by atoms with Crippen LogP contribution < -0.4 is 20.5 Å². The number of hydrogen-bond donors (Lipinski definition) is 2. The summed E-state index contributed by atoms with van der Waals surface area (Å²) in [7, 11) is 1.21. The van der Waals surface area contributed by atoms with E-state index in [9.17, 15) is 40.3 Å². The molecule has 294 valence electrons. The van der Waals surface area contributed by atoms with Crippen molar-refractivity contribution in [2.24, 2.45) is 0 Å². The maximum Gasteiger partial charge on any atom is 0.416 e. The number of pyridine rings is 2. The van der Waals surface area contributed by atoms with Crippen LogP contribution in [-0.2, 0) is 17.5 Å². The highest BCUT2D eigenvalue weighted by Gasteiger charge is 2.31. The molecule has 0 fully saturated rings. The number of amides is 1. The number of nitrogen functional groups attached to an aromatic ring is 1. The van der Waals surface area contributed by atoms with E-state index in [-0.39, 0.29) is 45.8 Å². The van der Waals surface area contributed by atoms with E-state index in [4.69, 9.17) is 43.1 Å². The molecule has 2 aromatic heterocycles. The molecule has 18 heteroatoms. The van der Waals surface area contributed by atoms with Gasteiger partial charge in [-0.25, -0.2) is 32.3 Å². The summed E-state index contributed by atoms with van der Waals surface area (Å²) in [5.74, 6) is -6.38. The van der Waals surface area contributed by atoms with Crippen molar-refractivity contribution >= 4 is 46.5 Å². The highest BCUT2D eigenvalue weighted by molar-refractivity contribution is 6.36. The number of benzene rings is 4. The normalized spacial score (nSPS) is 10.9. The van der Waals surface area contributed by atoms with E-state index in [0.29, 0.717) is 6.07 Å². The van der Waals surface area contributed by atoms with E-state index in [1.165, 1.54) is 43.6 Å². The number of esters is 1. The van der Waals surface area contributed by atoms with E-state index >= 15 is 0 Å². The van der Waals surface area contributed by atoms with Gasteiger partial charge in [-0.15, -0.1) is 0 Å². The maximum absolute atomic E-state index is 14.7. The van der Waals surface area contributed by atoms with Crippen LogP contribution in [0.5, 0.6) is 17.4 Å². The average molecular weight is 834 g/mol. The van der Waals surface area contributed by atoms with Crippen LogP contribution in [0.1, 0.15) is 32.0 Å². The summed E-state index contributed by atoms with van der Waals surface area (Å²) in [5, 5.41) is 1.79. The number of rotatable bonds is 9. The summed E-state index contributed by atoms with van der Waals surface area (Å²) in [6.45, 7) is -0.0621. The van der Waals surface area contributed by atoms with Gasteiger partial charge in [-0.3, -0.25) is 4.79 Å². The van der Waals surface area contributed by atoms with Crippen LogP contribution in [-0.4, -0.2) is 29.0 Å². The largest absolute Gasteiger partial charge is 0.492 e. The van der Waals surface area contributed by atoms with Gasteiger partial charge in [-0.2, -0.15) is 13.2 Å². The minimum atomic E-state index is -4.57. The number of carbonyl (C=O) groups excluding carboxylic acids is 2. The third-order valence-corrected chi connectivity index (χ3v) is 8.28. The van der Waals surface area contributed by atoms with Gasteiger partial charge in [0.1, 0.15) is 35.2 Å². The Bertz CT molecular complexity index is 2440. The Morgan fingerprint density at radius 2 is 1.60 bits per heavy atom. The smallest absolute Gasteiger partial charge is 0.416 e. The molecule has 9 nitrogen and oxygen atoms in total. The number of nitrogens with one attached hydrogen (secondary N) is 1. The van der Waals surface area contributed by atoms with E-state index < -0.39 is 69.0 Å². The molecule has 0 atom stereocenters. The summed E-state index contributed by atoms with van der Waals surface area (Å²) in [5.41, 5.74) is 3.23. The van der Waals surface area contributed by atoms with Gasteiger partial charge in [0, 0.05) is 17.8 Å². The van der Waals surface area contributed by atoms with Crippen LogP contribution in [0.3, 0.4) is 0 Å². The molecule has 3 N–H and O–H groups in total. The number of hydrogen-bond acceptors (Lipinski definition) is 8. The second-order valence-electron chi connectivity index (χ2n) is 11.4. The fourth-order valence-corrected chi connectivity index (χ4v) is 5.27. The molecule has 0 bridgehead atoms. The summed E-state index contributed by atoms with van der Waals surface area (Å²) in [4.78, 5) is 32.6. The zero-order chi connectivity index (χ0) is 41.4. The van der Waals surface area contributed by atoms with Gasteiger partial charge in [-0.1, -0.05) is 59.6 Å². The average Bonchev–Trinajstić information content (AvgIpc) is 3.18. The molecule has 0 saturated carbocycles. The van der Waals surface area contributed by atoms with Crippen molar-refractivity contribution in [3.63, 3.8) is 0 Å². The first-order chi connectivity index (χ1) is 27.1. The number of ether oxygens (including phenoxy) is 3. The quantitative estimate of drug-likeness (QED) is 0.109. The number of carbonyl (C=O) groups is 2. The Hall–Kier alpha value is -6.39. The van der Waals surface area contributed by atoms with Crippen LogP contribution in [0, 0.1) is 23.3 Å². The molecular formula is C39H25Cl2F7N4O5. The Morgan fingerprint density at radius 3 is 2.28 bits per heavy atom. The molecule has 1 amide bonds. The van der Waals surface area contributed by atoms with E-state index in [2.05, 4.69) is 15.3 Å². The fraction of sp³-hybridized carbons (Fsp3) is 0.0769. The number of nitrogens with two attached hydrogens (primary N) is 1. The topological polar surface area (TPSA) is 126 Å². The van der Waals surface area contributed by atoms with Gasteiger partial charge in [0.15, 0.2) is 23.1 Å². The highest BCUT2D eigenvalue weighted by Crippen LogP contribution is 2.39. The molecule has 0 unspecified atom stereocenters. The van der Waals surface area contributed by atoms with Crippen molar-refractivity contribution < 1.29 is 54.5 Å². The van der Waals surface area contributed by atoms with Gasteiger partial charge < -0.3 is 25.3 Å². The first-order valence-corrected chi connectivity index (χ1v) is 16.8. The number of aromatic nitrogens is 2. The zero-order valence-electron chi connectivity index (χ0n) is 28.9. The third-order valence-electron chi connectivity index (χ3n) is 7.60. The molecule has 57 heavy (non-hydrogen) atoms. The summed E-state index contributed by atoms with van der Waals surface area (Å²) in [6, 6.07) is 20.7. The summed E-state index contributed by atoms with van der Waals surface area (Å²) in [6.07, 6.45) is -3.29. The van der Waals surface area contributed by atoms with Crippen molar-refractivity contribution in [2.45, 2.75) is 12.8 Å². The van der Waals surface area contributed by atoms with Crippen LogP contribution in [0.15, 0.2) is 103 Å². The lowest BCUT2D eigenvalue weighted by molar-refractivity contribution is -0.137. The standard InChI is InChI=1S/C20H14Cl2F2N2O3.C19H11F5N2O2/c1-28-19-12(21)8-7-11(14(19)23)17-15(24)16(25)13(22)18(26-17)20(27)29-9-10-5-3-2-4-6-10;20-12-6-7-16(15(21)10-12)26-17(27)14-5-2-8-25-18(14)28-13-4-1-3-11(9-13)19(22,23)24/h2-8H,9H2,1H3,(H2,25,26);1-10H,(H,26,27). The Morgan fingerprint density at radius 1 is 0.860 bits per heavy atom. The fourth-order valence-electron chi connectivity index (χ4n) is 4.84. The first kappa shape index (κ1) is 41.8. The Balaban J connectivity index is 0.000000218. The molecule has 0 saturated heterocycles. The predicted octanol–water partition coefficient (Wildman–Crippen LogP) is 10.7. The van der Waals surface area contributed by atoms with Gasteiger partial charge in [0.2, 0.25) is 5.88 Å². The monoisotopic (exact) mass is 832 g/mol. The van der Waals surface area contributed by atoms with Gasteiger partial charge in [0.25, 0.3) is 5.91 Å². The first-order valence-electron chi connectivity index (χ1n) is 16.0. The second-order valence-corrected chi connectivity index (χ2v) is 12.2. The van der Waals surface area contributed by atoms with Crippen molar-refractivity contribution in [2.75, 3.05) is 18.2 Å². The van der Waals surface area contributed by atoms with Gasteiger partial charge >= 0.3 is 12.1 Å². The Labute approximate surface area is 328 Å². The van der Waals surface area contributed by atoms with E-state index in [1.807, 2.05) is 6.07 Å². The minimum Gasteiger partial charge on any atom is -0.492 e. The second kappa shape index (κ2) is 18.0. The zero-order valence-corrected chi connectivity index (χ0v) is 30.4. The molecular weight excluding hydrogens is 808 g/mol. The van der Waals surface area contributed by atoms with Crippen LogP contribution in [0.25, 0.3) is 11.3 Å². The van der Waals surface area contributed by atoms with Crippen LogP contribution in [0.2, 0.25) is 10.0 Å². The Kier molecular flexibility index (Phi) is 13.2. The number of methoxy groups -OCH3 is 1. The third kappa shape index (κ3) is 10.1. The number of nitrogens with zero attached hydrogens (tertiary/aromatic N) is 2. The SMILES string of the molecule is COc1c(Cl)ccc(-c2nc(C(=O)OCc3ccccc3)c(Cl)c(N)c2F)c1F.O=C(Nc1ccc(F)cc1F)c1cccnc1Oc1cccc(C(F)(F)F)c1. The van der Waals surface area contributed by atoms with Crippen molar-refractivity contribution in [1.82, 2.24) is 9.97 Å². The number of halogens is 9. The number of alkyl halides is 3. The molecule has 0 radical (unpaired) electrons. The van der Waals surface area contributed by atoms with Gasteiger partial charge in [0.05, 0.1) is 34.1 Å². The van der Waals surface area contributed by atoms with Crippen LogP contribution >= 0.6 is 23.2 Å². The summed E-state index contributed by atoms with van der Waals surface area (Å²) >= 11 is 11.9. The minimum absolute atomic E-state index is 0.0152. The molecule has 4 aromatic carbocycles.